The smallest absolute Gasteiger partial charge is 0.225 e. The van der Waals surface area contributed by atoms with E-state index < -0.39 is 0 Å². The molecule has 2 aliphatic heterocycles. The highest BCUT2D eigenvalue weighted by molar-refractivity contribution is 5.79. The van der Waals surface area contributed by atoms with Crippen LogP contribution in [-0.2, 0) is 4.79 Å². The van der Waals surface area contributed by atoms with E-state index in [4.69, 9.17) is 0 Å². The number of nitrogens with zero attached hydrogens (tertiary/aromatic N) is 1. The van der Waals surface area contributed by atoms with Gasteiger partial charge in [-0.2, -0.15) is 0 Å². The van der Waals surface area contributed by atoms with Crippen LogP contribution in [0, 0.1) is 0 Å². The summed E-state index contributed by atoms with van der Waals surface area (Å²) in [6.07, 6.45) is 3.22. The predicted molar refractivity (Wildman–Crippen MR) is 40.0 cm³/mol. The monoisotopic (exact) mass is 155 g/mol. The first-order chi connectivity index (χ1) is 5.29. The van der Waals surface area contributed by atoms with Crippen molar-refractivity contribution >= 4 is 5.91 Å². The third-order valence-corrected chi connectivity index (χ3v) is 2.70. The number of fused-ring (bicyclic) bond motifs is 1. The van der Waals surface area contributed by atoms with Gasteiger partial charge in [0.15, 0.2) is 0 Å². The zero-order valence-corrected chi connectivity index (χ0v) is 6.49. The minimum absolute atomic E-state index is 0.141. The lowest BCUT2D eigenvalue weighted by atomic mass is 10.0. The first-order valence-corrected chi connectivity index (χ1v) is 4.26. The van der Waals surface area contributed by atoms with Gasteiger partial charge in [0.2, 0.25) is 5.91 Å². The Morgan fingerprint density at radius 1 is 1.45 bits per heavy atom. The minimum atomic E-state index is -0.386. The molecule has 0 aromatic rings. The largest absolute Gasteiger partial charge is 0.390 e. The Labute approximate surface area is 66.0 Å². The molecule has 0 aliphatic carbocycles. The summed E-state index contributed by atoms with van der Waals surface area (Å²) in [5.41, 5.74) is 0. The summed E-state index contributed by atoms with van der Waals surface area (Å²) in [6, 6.07) is 0.149. The van der Waals surface area contributed by atoms with Crippen LogP contribution in [0.1, 0.15) is 25.7 Å². The quantitative estimate of drug-likeness (QED) is 0.540. The van der Waals surface area contributed by atoms with Gasteiger partial charge in [-0.25, -0.2) is 0 Å². The summed E-state index contributed by atoms with van der Waals surface area (Å²) in [6.45, 7) is 0.862. The van der Waals surface area contributed by atoms with E-state index >= 15 is 0 Å². The molecule has 1 unspecified atom stereocenters. The maximum Gasteiger partial charge on any atom is 0.225 e. The second-order valence-electron chi connectivity index (χ2n) is 3.42. The van der Waals surface area contributed by atoms with Crippen LogP contribution in [0.4, 0.5) is 0 Å². The summed E-state index contributed by atoms with van der Waals surface area (Å²) in [5, 5.41) is 9.43. The Kier molecular flexibility index (Phi) is 1.60. The summed E-state index contributed by atoms with van der Waals surface area (Å²) in [4.78, 5) is 13.0. The van der Waals surface area contributed by atoms with Crippen molar-refractivity contribution in [2.45, 2.75) is 37.8 Å². The van der Waals surface area contributed by atoms with Gasteiger partial charge in [0, 0.05) is 6.54 Å². The SMILES string of the molecule is O=C1CC(O)[C@H]2CCCCN12. The number of piperidine rings is 1. The van der Waals surface area contributed by atoms with Gasteiger partial charge < -0.3 is 10.0 Å². The van der Waals surface area contributed by atoms with Crippen LogP contribution >= 0.6 is 0 Å². The van der Waals surface area contributed by atoms with E-state index in [0.717, 1.165) is 25.8 Å². The lowest BCUT2D eigenvalue weighted by molar-refractivity contribution is -0.129. The molecule has 3 heteroatoms. The van der Waals surface area contributed by atoms with Crippen molar-refractivity contribution in [2.75, 3.05) is 6.54 Å². The molecule has 2 atom stereocenters. The van der Waals surface area contributed by atoms with E-state index in [1.165, 1.54) is 0 Å². The molecule has 3 nitrogen and oxygen atoms in total. The molecule has 0 aromatic heterocycles. The molecule has 2 aliphatic rings. The number of carbonyl (C=O) groups excluding carboxylic acids is 1. The molecule has 2 fully saturated rings. The van der Waals surface area contributed by atoms with Crippen molar-refractivity contribution in [3.63, 3.8) is 0 Å². The molecule has 0 spiro atoms. The van der Waals surface area contributed by atoms with Gasteiger partial charge in [0.25, 0.3) is 0 Å². The standard InChI is InChI=1S/C8H13NO2/c10-7-5-8(11)9-4-2-1-3-6(7)9/h6-7,10H,1-5H2/t6-,7?/m1/s1. The number of rotatable bonds is 0. The third kappa shape index (κ3) is 1.03. The van der Waals surface area contributed by atoms with Crippen molar-refractivity contribution in [3.05, 3.63) is 0 Å². The lowest BCUT2D eigenvalue weighted by Crippen LogP contribution is -2.40. The van der Waals surface area contributed by atoms with Crippen LogP contribution in [0.5, 0.6) is 0 Å². The maximum absolute atomic E-state index is 11.2. The molecule has 11 heavy (non-hydrogen) atoms. The zero-order valence-electron chi connectivity index (χ0n) is 6.49. The van der Waals surface area contributed by atoms with E-state index in [2.05, 4.69) is 0 Å². The highest BCUT2D eigenvalue weighted by Gasteiger charge is 2.39. The summed E-state index contributed by atoms with van der Waals surface area (Å²) >= 11 is 0. The molecule has 2 heterocycles. The van der Waals surface area contributed by atoms with Crippen molar-refractivity contribution in [1.29, 1.82) is 0 Å². The Morgan fingerprint density at radius 3 is 3.00 bits per heavy atom. The molecule has 62 valence electrons. The van der Waals surface area contributed by atoms with E-state index in [1.807, 2.05) is 4.90 Å². The first kappa shape index (κ1) is 7.10. The van der Waals surface area contributed by atoms with Crippen LogP contribution < -0.4 is 0 Å². The topological polar surface area (TPSA) is 40.5 Å². The fourth-order valence-electron chi connectivity index (χ4n) is 2.10. The molecule has 0 aromatic carbocycles. The Bertz CT molecular complexity index is 181. The van der Waals surface area contributed by atoms with Gasteiger partial charge in [0.05, 0.1) is 18.6 Å². The molecule has 0 bridgehead atoms. The van der Waals surface area contributed by atoms with Crippen LogP contribution in [0.25, 0.3) is 0 Å². The summed E-state index contributed by atoms with van der Waals surface area (Å²) in [7, 11) is 0. The highest BCUT2D eigenvalue weighted by atomic mass is 16.3. The van der Waals surface area contributed by atoms with E-state index in [9.17, 15) is 9.90 Å². The van der Waals surface area contributed by atoms with Crippen molar-refractivity contribution in [3.8, 4) is 0 Å². The van der Waals surface area contributed by atoms with Crippen molar-refractivity contribution < 1.29 is 9.90 Å². The maximum atomic E-state index is 11.2. The zero-order chi connectivity index (χ0) is 7.84. The molecule has 2 saturated heterocycles. The Hall–Kier alpha value is -0.570. The van der Waals surface area contributed by atoms with Crippen LogP contribution in [0.15, 0.2) is 0 Å². The Balaban J connectivity index is 2.13. The average Bonchev–Trinajstić information content (AvgIpc) is 2.30. The van der Waals surface area contributed by atoms with Gasteiger partial charge in [-0.1, -0.05) is 0 Å². The normalized spacial score (nSPS) is 37.5. The molecule has 1 N–H and O–H groups in total. The summed E-state index contributed by atoms with van der Waals surface area (Å²) < 4.78 is 0. The molecular weight excluding hydrogens is 142 g/mol. The number of hydrogen-bond acceptors (Lipinski definition) is 2. The highest BCUT2D eigenvalue weighted by Crippen LogP contribution is 2.27. The van der Waals surface area contributed by atoms with Gasteiger partial charge in [-0.05, 0) is 19.3 Å². The van der Waals surface area contributed by atoms with Crippen LogP contribution in [0.2, 0.25) is 0 Å². The van der Waals surface area contributed by atoms with Gasteiger partial charge >= 0.3 is 0 Å². The molecule has 0 saturated carbocycles. The van der Waals surface area contributed by atoms with Gasteiger partial charge in [0.1, 0.15) is 0 Å². The van der Waals surface area contributed by atoms with E-state index in [-0.39, 0.29) is 18.1 Å². The van der Waals surface area contributed by atoms with E-state index in [1.54, 1.807) is 0 Å². The average molecular weight is 155 g/mol. The number of aliphatic hydroxyl groups is 1. The molecule has 1 amide bonds. The number of hydrogen-bond donors (Lipinski definition) is 1. The predicted octanol–water partition coefficient (Wildman–Crippen LogP) is 0.132. The van der Waals surface area contributed by atoms with Gasteiger partial charge in [-0.15, -0.1) is 0 Å². The van der Waals surface area contributed by atoms with Crippen molar-refractivity contribution in [2.24, 2.45) is 0 Å². The number of amides is 1. The summed E-state index contributed by atoms with van der Waals surface area (Å²) in [5.74, 6) is 0.141. The number of carbonyl (C=O) groups is 1. The third-order valence-electron chi connectivity index (χ3n) is 2.70. The minimum Gasteiger partial charge on any atom is -0.390 e. The van der Waals surface area contributed by atoms with Gasteiger partial charge in [-0.3, -0.25) is 4.79 Å². The first-order valence-electron chi connectivity index (χ1n) is 4.26. The Morgan fingerprint density at radius 2 is 2.27 bits per heavy atom. The second-order valence-corrected chi connectivity index (χ2v) is 3.42. The number of aliphatic hydroxyl groups excluding tert-OH is 1. The molecule has 0 radical (unpaired) electrons. The van der Waals surface area contributed by atoms with Crippen LogP contribution in [0.3, 0.4) is 0 Å². The molecular formula is C8H13NO2. The fourth-order valence-corrected chi connectivity index (χ4v) is 2.10. The second kappa shape index (κ2) is 2.48. The van der Waals surface area contributed by atoms with E-state index in [0.29, 0.717) is 6.42 Å². The lowest BCUT2D eigenvalue weighted by Gasteiger charge is -2.30. The molecule has 2 rings (SSSR count). The fraction of sp³-hybridized carbons (Fsp3) is 0.875. The van der Waals surface area contributed by atoms with Crippen LogP contribution in [-0.4, -0.2) is 34.6 Å². The van der Waals surface area contributed by atoms with Crippen molar-refractivity contribution in [1.82, 2.24) is 4.90 Å².